The Morgan fingerprint density at radius 2 is 1.88 bits per heavy atom. The molecule has 2 rings (SSSR count). The average Bonchev–Trinajstić information content (AvgIpc) is 2.26. The SMILES string of the molecule is CC1SC(c2ccccc2)=NC(C)(O)C1C. The Bertz CT molecular complexity index is 400. The summed E-state index contributed by atoms with van der Waals surface area (Å²) in [5.74, 6) is 0.171. The monoisotopic (exact) mass is 235 g/mol. The third-order valence-corrected chi connectivity index (χ3v) is 4.54. The predicted molar refractivity (Wildman–Crippen MR) is 69.8 cm³/mol. The van der Waals surface area contributed by atoms with Gasteiger partial charge in [0.05, 0.1) is 0 Å². The average molecular weight is 235 g/mol. The van der Waals surface area contributed by atoms with Crippen molar-refractivity contribution in [2.75, 3.05) is 0 Å². The van der Waals surface area contributed by atoms with Crippen LogP contribution in [0, 0.1) is 5.92 Å². The summed E-state index contributed by atoms with van der Waals surface area (Å²) in [4.78, 5) is 4.45. The number of benzene rings is 1. The molecular weight excluding hydrogens is 218 g/mol. The predicted octanol–water partition coefficient (Wildman–Crippen LogP) is 2.91. The van der Waals surface area contributed by atoms with Gasteiger partial charge in [-0.25, -0.2) is 4.99 Å². The van der Waals surface area contributed by atoms with E-state index >= 15 is 0 Å². The lowest BCUT2D eigenvalue weighted by molar-refractivity contribution is 0.0151. The molecule has 1 aromatic rings. The fourth-order valence-electron chi connectivity index (χ4n) is 1.77. The van der Waals surface area contributed by atoms with Crippen LogP contribution >= 0.6 is 11.8 Å². The van der Waals surface area contributed by atoms with Crippen molar-refractivity contribution in [3.63, 3.8) is 0 Å². The third kappa shape index (κ3) is 2.15. The molecule has 0 saturated carbocycles. The van der Waals surface area contributed by atoms with Crippen molar-refractivity contribution < 1.29 is 5.11 Å². The molecule has 0 aromatic heterocycles. The van der Waals surface area contributed by atoms with Crippen molar-refractivity contribution in [2.24, 2.45) is 10.9 Å². The second-order valence-electron chi connectivity index (χ2n) is 4.49. The highest BCUT2D eigenvalue weighted by Gasteiger charge is 2.37. The second-order valence-corrected chi connectivity index (χ2v) is 5.85. The molecule has 0 spiro atoms. The first-order valence-electron chi connectivity index (χ1n) is 5.55. The highest BCUT2D eigenvalue weighted by molar-refractivity contribution is 8.15. The van der Waals surface area contributed by atoms with E-state index in [0.717, 1.165) is 10.6 Å². The molecule has 0 amide bonds. The van der Waals surface area contributed by atoms with Crippen molar-refractivity contribution in [2.45, 2.75) is 31.7 Å². The van der Waals surface area contributed by atoms with E-state index in [2.05, 4.69) is 11.9 Å². The summed E-state index contributed by atoms with van der Waals surface area (Å²) in [7, 11) is 0. The fraction of sp³-hybridized carbons (Fsp3) is 0.462. The zero-order valence-electron chi connectivity index (χ0n) is 9.84. The number of thioether (sulfide) groups is 1. The summed E-state index contributed by atoms with van der Waals surface area (Å²) in [6, 6.07) is 10.0. The van der Waals surface area contributed by atoms with Gasteiger partial charge in [0.15, 0.2) is 5.72 Å². The van der Waals surface area contributed by atoms with E-state index < -0.39 is 5.72 Å². The van der Waals surface area contributed by atoms with Crippen LogP contribution in [0.1, 0.15) is 26.3 Å². The summed E-state index contributed by atoms with van der Waals surface area (Å²) in [5.41, 5.74) is 0.141. The highest BCUT2D eigenvalue weighted by atomic mass is 32.2. The molecule has 1 aromatic carbocycles. The van der Waals surface area contributed by atoms with E-state index in [0.29, 0.717) is 5.25 Å². The second kappa shape index (κ2) is 4.22. The van der Waals surface area contributed by atoms with Crippen LogP contribution in [0.4, 0.5) is 0 Å². The van der Waals surface area contributed by atoms with E-state index in [1.807, 2.05) is 37.3 Å². The first-order valence-corrected chi connectivity index (χ1v) is 6.43. The number of aliphatic hydroxyl groups is 1. The number of aliphatic imine (C=N–C) groups is 1. The van der Waals surface area contributed by atoms with Crippen LogP contribution in [0.3, 0.4) is 0 Å². The van der Waals surface area contributed by atoms with Gasteiger partial charge in [0, 0.05) is 16.7 Å². The van der Waals surface area contributed by atoms with E-state index in [9.17, 15) is 5.11 Å². The summed E-state index contributed by atoms with van der Waals surface area (Å²) in [5, 5.41) is 11.6. The number of hydrogen-bond donors (Lipinski definition) is 1. The van der Waals surface area contributed by atoms with Crippen LogP contribution in [0.25, 0.3) is 0 Å². The lowest BCUT2D eigenvalue weighted by Crippen LogP contribution is -2.40. The van der Waals surface area contributed by atoms with Crippen molar-refractivity contribution >= 4 is 16.8 Å². The Kier molecular flexibility index (Phi) is 3.08. The van der Waals surface area contributed by atoms with Crippen molar-refractivity contribution in [1.82, 2.24) is 0 Å². The van der Waals surface area contributed by atoms with Gasteiger partial charge in [-0.1, -0.05) is 44.2 Å². The van der Waals surface area contributed by atoms with E-state index in [1.54, 1.807) is 18.7 Å². The zero-order valence-corrected chi connectivity index (χ0v) is 10.7. The van der Waals surface area contributed by atoms with Crippen LogP contribution in [-0.2, 0) is 0 Å². The molecule has 0 saturated heterocycles. The highest BCUT2D eigenvalue weighted by Crippen LogP contribution is 2.37. The zero-order chi connectivity index (χ0) is 11.8. The number of hydrogen-bond acceptors (Lipinski definition) is 3. The molecule has 0 fully saturated rings. The molecule has 3 atom stereocenters. The maximum Gasteiger partial charge on any atom is 0.158 e. The van der Waals surface area contributed by atoms with Crippen LogP contribution in [-0.4, -0.2) is 21.1 Å². The fourth-order valence-corrected chi connectivity index (χ4v) is 3.09. The van der Waals surface area contributed by atoms with Crippen molar-refractivity contribution in [3.8, 4) is 0 Å². The van der Waals surface area contributed by atoms with Gasteiger partial charge >= 0.3 is 0 Å². The molecule has 16 heavy (non-hydrogen) atoms. The normalized spacial score (nSPS) is 34.6. The van der Waals surface area contributed by atoms with Gasteiger partial charge in [-0.15, -0.1) is 11.8 Å². The molecule has 3 heteroatoms. The van der Waals surface area contributed by atoms with Crippen LogP contribution in [0.2, 0.25) is 0 Å². The lowest BCUT2D eigenvalue weighted by Gasteiger charge is -2.36. The van der Waals surface area contributed by atoms with Crippen molar-refractivity contribution in [1.29, 1.82) is 0 Å². The quantitative estimate of drug-likeness (QED) is 0.811. The van der Waals surface area contributed by atoms with Gasteiger partial charge in [0.2, 0.25) is 0 Å². The van der Waals surface area contributed by atoms with Gasteiger partial charge < -0.3 is 5.11 Å². The molecule has 3 unspecified atom stereocenters. The summed E-state index contributed by atoms with van der Waals surface area (Å²) in [6.07, 6.45) is 0. The van der Waals surface area contributed by atoms with E-state index in [-0.39, 0.29) is 5.92 Å². The van der Waals surface area contributed by atoms with Crippen molar-refractivity contribution in [3.05, 3.63) is 35.9 Å². The Hall–Kier alpha value is -0.800. The Balaban J connectivity index is 2.37. The Morgan fingerprint density at radius 1 is 1.25 bits per heavy atom. The molecule has 1 N–H and O–H groups in total. The largest absolute Gasteiger partial charge is 0.369 e. The number of nitrogens with zero attached hydrogens (tertiary/aromatic N) is 1. The van der Waals surface area contributed by atoms with Crippen LogP contribution in [0.5, 0.6) is 0 Å². The lowest BCUT2D eigenvalue weighted by atomic mass is 9.96. The standard InChI is InChI=1S/C13H17NOS/c1-9-10(2)16-12(14-13(9,3)15)11-7-5-4-6-8-11/h4-10,15H,1-3H3. The van der Waals surface area contributed by atoms with Gasteiger partial charge in [-0.05, 0) is 6.92 Å². The van der Waals surface area contributed by atoms with Gasteiger partial charge in [0.1, 0.15) is 5.04 Å². The first kappa shape index (κ1) is 11.7. The molecule has 2 nitrogen and oxygen atoms in total. The minimum atomic E-state index is -0.949. The van der Waals surface area contributed by atoms with Crippen LogP contribution in [0.15, 0.2) is 35.3 Å². The van der Waals surface area contributed by atoms with E-state index in [1.165, 1.54) is 0 Å². The molecule has 0 bridgehead atoms. The Morgan fingerprint density at radius 3 is 2.44 bits per heavy atom. The summed E-state index contributed by atoms with van der Waals surface area (Å²) in [6.45, 7) is 5.97. The molecular formula is C13H17NOS. The maximum atomic E-state index is 10.2. The minimum Gasteiger partial charge on any atom is -0.369 e. The molecule has 0 aliphatic carbocycles. The number of rotatable bonds is 1. The first-order chi connectivity index (χ1) is 7.50. The summed E-state index contributed by atoms with van der Waals surface area (Å²) >= 11 is 1.74. The topological polar surface area (TPSA) is 32.6 Å². The molecule has 1 aliphatic rings. The van der Waals surface area contributed by atoms with Gasteiger partial charge in [-0.3, -0.25) is 0 Å². The molecule has 1 aliphatic heterocycles. The van der Waals surface area contributed by atoms with Gasteiger partial charge in [0.25, 0.3) is 0 Å². The third-order valence-electron chi connectivity index (χ3n) is 3.21. The molecule has 0 radical (unpaired) electrons. The van der Waals surface area contributed by atoms with Gasteiger partial charge in [-0.2, -0.15) is 0 Å². The van der Waals surface area contributed by atoms with Crippen LogP contribution < -0.4 is 0 Å². The van der Waals surface area contributed by atoms with E-state index in [4.69, 9.17) is 0 Å². The smallest absolute Gasteiger partial charge is 0.158 e. The molecule has 1 heterocycles. The summed E-state index contributed by atoms with van der Waals surface area (Å²) < 4.78 is 0. The Labute approximate surface area is 101 Å². The minimum absolute atomic E-state index is 0.171. The maximum absolute atomic E-state index is 10.2. The molecule has 86 valence electrons.